The molecule has 6 unspecified atom stereocenters. The van der Waals surface area contributed by atoms with Crippen LogP contribution >= 0.6 is 0 Å². The van der Waals surface area contributed by atoms with Crippen molar-refractivity contribution in [1.82, 2.24) is 21.3 Å². The van der Waals surface area contributed by atoms with Crippen LogP contribution in [0.15, 0.2) is 80.3 Å². The van der Waals surface area contributed by atoms with Gasteiger partial charge in [0.2, 0.25) is 0 Å². The Morgan fingerprint density at radius 2 is 1.36 bits per heavy atom. The van der Waals surface area contributed by atoms with Gasteiger partial charge in [-0.2, -0.15) is 0 Å². The predicted octanol–water partition coefficient (Wildman–Crippen LogP) is 15.2. The van der Waals surface area contributed by atoms with Crippen molar-refractivity contribution in [1.29, 1.82) is 0 Å². The zero-order chi connectivity index (χ0) is 45.4. The molecule has 0 radical (unpaired) electrons. The van der Waals surface area contributed by atoms with Gasteiger partial charge in [0.25, 0.3) is 0 Å². The van der Waals surface area contributed by atoms with E-state index in [-0.39, 0.29) is 0 Å². The van der Waals surface area contributed by atoms with E-state index in [1.165, 1.54) is 62.6 Å². The normalized spacial score (nSPS) is 15.3. The minimum absolute atomic E-state index is 0.334. The summed E-state index contributed by atoms with van der Waals surface area (Å²) in [5.41, 5.74) is 4.20. The van der Waals surface area contributed by atoms with E-state index in [2.05, 4.69) is 189 Å². The average molecular weight is 809 g/mol. The zero-order valence-electron chi connectivity index (χ0n) is 42.3. The number of rotatable bonds is 27. The number of hydrogen-bond acceptors (Lipinski definition) is 4. The molecule has 8 atom stereocenters. The summed E-state index contributed by atoms with van der Waals surface area (Å²) in [6.07, 6.45) is 15.7. The number of benzene rings is 1. The lowest BCUT2D eigenvalue weighted by atomic mass is 9.79. The quantitative estimate of drug-likeness (QED) is 0.0669. The van der Waals surface area contributed by atoms with Crippen molar-refractivity contribution >= 4 is 0 Å². The third-order valence-corrected chi connectivity index (χ3v) is 11.4. The Morgan fingerprint density at radius 1 is 0.776 bits per heavy atom. The molecule has 1 aromatic rings. The Labute approximate surface area is 365 Å². The molecule has 0 saturated carbocycles. The SMILES string of the molecule is C=C(CC(C)(C)C)NC(C)C(C)C.C=C(N[C@@H](C(C)C)C(CC)CC(CC)Cc1ccccc1)C(C)CC(C)[C@H](CC(C)C)NC.C=CNC(C=C)CCCC.CC. The molecule has 0 aliphatic heterocycles. The van der Waals surface area contributed by atoms with E-state index >= 15 is 0 Å². The monoisotopic (exact) mass is 809 g/mol. The number of unbranched alkanes of at least 4 members (excludes halogenated alkanes) is 1. The molecule has 0 aliphatic rings. The lowest BCUT2D eigenvalue weighted by Gasteiger charge is -2.36. The van der Waals surface area contributed by atoms with E-state index in [1.54, 1.807) is 6.20 Å². The minimum Gasteiger partial charge on any atom is -0.386 e. The predicted molar refractivity (Wildman–Crippen MR) is 267 cm³/mol. The van der Waals surface area contributed by atoms with Crippen LogP contribution in [-0.2, 0) is 6.42 Å². The van der Waals surface area contributed by atoms with E-state index in [4.69, 9.17) is 0 Å². The van der Waals surface area contributed by atoms with Gasteiger partial charge in [-0.1, -0.05) is 193 Å². The maximum atomic E-state index is 4.53. The van der Waals surface area contributed by atoms with Gasteiger partial charge in [0.1, 0.15) is 0 Å². The molecule has 1 aromatic carbocycles. The standard InChI is InChI=1S/C31H56N2.C12H25N.C9H17N.C2H6/c1-11-27(20-28-16-14-13-15-17-28)21-29(12-2)31(23(5)6)33-26(9)24(7)19-25(8)30(32-10)18-22(3)4;1-9(2)11(4)13-10(3)8-12(5,6)7;1-4-7-8-9(5-2)10-6-3;1-2/h13-17,22-25,27,29-33H,9,11-12,18-21H2,1-8,10H3;9,11,13H,3,8H2,1-2,4-7H3;5-6,9-10H,2-4,7-8H2,1H3;1-2H3/t24?,25?,27?,29?,30-,31-;;;/m0.../s1. The molecule has 0 fully saturated rings. The smallest absolute Gasteiger partial charge is 0.0436 e. The molecule has 0 heterocycles. The zero-order valence-corrected chi connectivity index (χ0v) is 42.3. The maximum absolute atomic E-state index is 4.53. The number of allylic oxidation sites excluding steroid dienone is 2. The van der Waals surface area contributed by atoms with Crippen molar-refractivity contribution < 1.29 is 0 Å². The van der Waals surface area contributed by atoms with Gasteiger partial charge in [0.15, 0.2) is 0 Å². The summed E-state index contributed by atoms with van der Waals surface area (Å²) in [4.78, 5) is 0. The Morgan fingerprint density at radius 3 is 1.78 bits per heavy atom. The van der Waals surface area contributed by atoms with E-state index in [9.17, 15) is 0 Å². The summed E-state index contributed by atoms with van der Waals surface area (Å²) in [5, 5.41) is 14.1. The second kappa shape index (κ2) is 35.3. The van der Waals surface area contributed by atoms with Crippen LogP contribution in [0.5, 0.6) is 0 Å². The first kappa shape index (κ1) is 59.8. The lowest BCUT2D eigenvalue weighted by Crippen LogP contribution is -2.42. The highest BCUT2D eigenvalue weighted by molar-refractivity contribution is 5.15. The molecular weight excluding hydrogens is 705 g/mol. The molecule has 0 saturated heterocycles. The molecule has 4 N–H and O–H groups in total. The number of nitrogens with one attached hydrogen (secondary N) is 4. The fourth-order valence-electron chi connectivity index (χ4n) is 7.55. The highest BCUT2D eigenvalue weighted by atomic mass is 14.9. The fourth-order valence-corrected chi connectivity index (χ4v) is 7.55. The molecule has 0 aromatic heterocycles. The van der Waals surface area contributed by atoms with Gasteiger partial charge in [-0.3, -0.25) is 0 Å². The Balaban J connectivity index is -0.000000986. The van der Waals surface area contributed by atoms with Crippen LogP contribution in [0.2, 0.25) is 0 Å². The van der Waals surface area contributed by atoms with Crippen LogP contribution in [0.25, 0.3) is 0 Å². The van der Waals surface area contributed by atoms with Gasteiger partial charge in [-0.25, -0.2) is 0 Å². The third kappa shape index (κ3) is 30.6. The van der Waals surface area contributed by atoms with Crippen LogP contribution in [0.1, 0.15) is 181 Å². The highest BCUT2D eigenvalue weighted by Crippen LogP contribution is 2.30. The van der Waals surface area contributed by atoms with Crippen molar-refractivity contribution in [2.45, 2.75) is 206 Å². The average Bonchev–Trinajstić information content (AvgIpc) is 3.16. The molecule has 340 valence electrons. The second-order valence-electron chi connectivity index (χ2n) is 19.3. The first-order chi connectivity index (χ1) is 27.2. The lowest BCUT2D eigenvalue weighted by molar-refractivity contribution is 0.230. The maximum Gasteiger partial charge on any atom is 0.0436 e. The van der Waals surface area contributed by atoms with Crippen LogP contribution in [0.3, 0.4) is 0 Å². The summed E-state index contributed by atoms with van der Waals surface area (Å²) in [6, 6.07) is 13.0. The van der Waals surface area contributed by atoms with Crippen LogP contribution in [0.4, 0.5) is 0 Å². The van der Waals surface area contributed by atoms with Crippen molar-refractivity contribution in [3.05, 3.63) is 85.9 Å². The largest absolute Gasteiger partial charge is 0.386 e. The molecule has 4 heteroatoms. The van der Waals surface area contributed by atoms with Crippen molar-refractivity contribution in [3.63, 3.8) is 0 Å². The molecule has 1 rings (SSSR count). The molecule has 0 bridgehead atoms. The van der Waals surface area contributed by atoms with E-state index < -0.39 is 0 Å². The van der Waals surface area contributed by atoms with E-state index in [1.807, 2.05) is 19.9 Å². The minimum atomic E-state index is 0.334. The molecule has 0 aliphatic carbocycles. The molecular formula is C54H104N4. The summed E-state index contributed by atoms with van der Waals surface area (Å²) in [5.74, 6) is 4.51. The van der Waals surface area contributed by atoms with Gasteiger partial charge in [-0.15, -0.1) is 6.58 Å². The van der Waals surface area contributed by atoms with Gasteiger partial charge in [0, 0.05) is 35.6 Å². The van der Waals surface area contributed by atoms with Gasteiger partial charge < -0.3 is 21.3 Å². The van der Waals surface area contributed by atoms with Crippen molar-refractivity contribution in [3.8, 4) is 0 Å². The Hall–Kier alpha value is -2.46. The van der Waals surface area contributed by atoms with Crippen molar-refractivity contribution in [2.75, 3.05) is 7.05 Å². The van der Waals surface area contributed by atoms with Crippen molar-refractivity contribution in [2.24, 2.45) is 46.8 Å². The number of hydrogen-bond donors (Lipinski definition) is 4. The summed E-state index contributed by atoms with van der Waals surface area (Å²) >= 11 is 0. The summed E-state index contributed by atoms with van der Waals surface area (Å²) < 4.78 is 0. The first-order valence-electron chi connectivity index (χ1n) is 23.8. The second-order valence-corrected chi connectivity index (χ2v) is 19.3. The highest BCUT2D eigenvalue weighted by Gasteiger charge is 2.28. The molecule has 0 spiro atoms. The molecule has 58 heavy (non-hydrogen) atoms. The third-order valence-electron chi connectivity index (χ3n) is 11.4. The summed E-state index contributed by atoms with van der Waals surface area (Å²) in [6.45, 7) is 54.3. The fraction of sp³-hybridized carbons (Fsp3) is 0.741. The van der Waals surface area contributed by atoms with Crippen LogP contribution < -0.4 is 21.3 Å². The van der Waals surface area contributed by atoms with Crippen LogP contribution in [0, 0.1) is 46.8 Å². The van der Waals surface area contributed by atoms with E-state index in [0.29, 0.717) is 59.2 Å². The Kier molecular flexibility index (Phi) is 36.4. The van der Waals surface area contributed by atoms with Crippen LogP contribution in [-0.4, -0.2) is 31.2 Å². The summed E-state index contributed by atoms with van der Waals surface area (Å²) in [7, 11) is 2.11. The Bertz CT molecular complexity index is 1130. The van der Waals surface area contributed by atoms with E-state index in [0.717, 1.165) is 30.4 Å². The molecule has 0 amide bonds. The topological polar surface area (TPSA) is 48.1 Å². The molecule has 4 nitrogen and oxygen atoms in total. The van der Waals surface area contributed by atoms with Gasteiger partial charge in [-0.05, 0) is 111 Å². The first-order valence-corrected chi connectivity index (χ1v) is 23.8. The van der Waals surface area contributed by atoms with Gasteiger partial charge in [0.05, 0.1) is 0 Å². The van der Waals surface area contributed by atoms with Gasteiger partial charge >= 0.3 is 0 Å².